The van der Waals surface area contributed by atoms with Crippen molar-refractivity contribution < 1.29 is 14.6 Å². The van der Waals surface area contributed by atoms with Gasteiger partial charge in [0.25, 0.3) is 5.56 Å². The lowest BCUT2D eigenvalue weighted by molar-refractivity contribution is 0.0699. The van der Waals surface area contributed by atoms with E-state index in [1.807, 2.05) is 6.92 Å². The summed E-state index contributed by atoms with van der Waals surface area (Å²) >= 11 is 5.40. The van der Waals surface area contributed by atoms with Gasteiger partial charge in [0.2, 0.25) is 0 Å². The fourth-order valence-electron chi connectivity index (χ4n) is 3.37. The van der Waals surface area contributed by atoms with Crippen LogP contribution in [0.4, 0.5) is 0 Å². The van der Waals surface area contributed by atoms with Crippen molar-refractivity contribution in [3.05, 3.63) is 63.3 Å². The molecule has 0 fully saturated rings. The van der Waals surface area contributed by atoms with Gasteiger partial charge in [-0.2, -0.15) is 5.10 Å². The Hall–Kier alpha value is -3.79. The first kappa shape index (κ1) is 19.5. The van der Waals surface area contributed by atoms with Crippen LogP contribution < -0.4 is 10.3 Å². The van der Waals surface area contributed by atoms with Gasteiger partial charge in [-0.05, 0) is 43.4 Å². The van der Waals surface area contributed by atoms with Crippen molar-refractivity contribution in [2.75, 3.05) is 7.11 Å². The maximum Gasteiger partial charge on any atom is 0.336 e. The van der Waals surface area contributed by atoms with Crippen LogP contribution in [0.1, 0.15) is 17.3 Å². The molecule has 0 saturated heterocycles. The lowest BCUT2D eigenvalue weighted by Crippen LogP contribution is -2.19. The Bertz CT molecular complexity index is 1400. The topological polar surface area (TPSA) is 115 Å². The molecule has 0 saturated carbocycles. The molecule has 3 heterocycles. The summed E-state index contributed by atoms with van der Waals surface area (Å²) in [5, 5.41) is 14.0. The third kappa shape index (κ3) is 3.07. The first-order chi connectivity index (χ1) is 14.5. The minimum atomic E-state index is -1.25. The maximum atomic E-state index is 12.7. The van der Waals surface area contributed by atoms with E-state index in [0.29, 0.717) is 29.4 Å². The van der Waals surface area contributed by atoms with Gasteiger partial charge < -0.3 is 9.84 Å². The predicted molar refractivity (Wildman–Crippen MR) is 113 cm³/mol. The van der Waals surface area contributed by atoms with Crippen LogP contribution in [0.2, 0.25) is 0 Å². The van der Waals surface area contributed by atoms with Gasteiger partial charge in [-0.15, -0.1) is 0 Å². The fraction of sp³-hybridized carbons (Fsp3) is 0.150. The molecule has 0 radical (unpaired) electrons. The number of carboxylic acid groups (broad SMARTS) is 1. The summed E-state index contributed by atoms with van der Waals surface area (Å²) in [6.07, 6.45) is 1.61. The van der Waals surface area contributed by atoms with Gasteiger partial charge in [0.15, 0.2) is 10.4 Å². The molecule has 0 spiro atoms. The number of fused-ring (bicyclic) bond motifs is 1. The summed E-state index contributed by atoms with van der Waals surface area (Å²) in [5.41, 5.74) is 0.825. The van der Waals surface area contributed by atoms with Crippen molar-refractivity contribution in [1.82, 2.24) is 24.3 Å². The number of para-hydroxylation sites is 2. The summed E-state index contributed by atoms with van der Waals surface area (Å²) in [7, 11) is 1.51. The largest absolute Gasteiger partial charge is 0.495 e. The van der Waals surface area contributed by atoms with Gasteiger partial charge >= 0.3 is 5.97 Å². The van der Waals surface area contributed by atoms with Crippen molar-refractivity contribution >= 4 is 29.2 Å². The monoisotopic (exact) mass is 423 g/mol. The minimum absolute atomic E-state index is 0.0713. The summed E-state index contributed by atoms with van der Waals surface area (Å²) in [6.45, 7) is 2.48. The Morgan fingerprint density at radius 1 is 1.30 bits per heavy atom. The lowest BCUT2D eigenvalue weighted by atomic mass is 10.1. The Labute approximate surface area is 175 Å². The van der Waals surface area contributed by atoms with E-state index < -0.39 is 11.5 Å². The van der Waals surface area contributed by atoms with Crippen molar-refractivity contribution in [3.63, 3.8) is 0 Å². The second-order valence-electron chi connectivity index (χ2n) is 6.36. The van der Waals surface area contributed by atoms with Gasteiger partial charge in [0, 0.05) is 12.7 Å². The molecule has 3 aromatic heterocycles. The maximum absolute atomic E-state index is 12.7. The molecule has 0 aliphatic heterocycles. The molecule has 0 aliphatic carbocycles. The molecule has 1 aromatic carbocycles. The second-order valence-corrected chi connectivity index (χ2v) is 6.74. The average molecular weight is 423 g/mol. The quantitative estimate of drug-likeness (QED) is 0.474. The van der Waals surface area contributed by atoms with Gasteiger partial charge in [-0.3, -0.25) is 19.0 Å². The number of aromatic nitrogens is 5. The molecular formula is C20H17N5O4S. The summed E-state index contributed by atoms with van der Waals surface area (Å²) < 4.78 is 8.70. The minimum Gasteiger partial charge on any atom is -0.495 e. The van der Waals surface area contributed by atoms with Crippen LogP contribution in [0.25, 0.3) is 28.1 Å². The first-order valence-corrected chi connectivity index (χ1v) is 9.46. The molecule has 10 heteroatoms. The molecule has 4 aromatic rings. The zero-order valence-electron chi connectivity index (χ0n) is 16.1. The molecule has 9 nitrogen and oxygen atoms in total. The van der Waals surface area contributed by atoms with Crippen molar-refractivity contribution in [1.29, 1.82) is 0 Å². The summed E-state index contributed by atoms with van der Waals surface area (Å²) in [6, 6.07) is 10.2. The average Bonchev–Trinajstić information content (AvgIpc) is 3.22. The van der Waals surface area contributed by atoms with E-state index in [4.69, 9.17) is 17.0 Å². The van der Waals surface area contributed by atoms with Gasteiger partial charge in [0.1, 0.15) is 5.75 Å². The van der Waals surface area contributed by atoms with Crippen molar-refractivity contribution in [3.8, 4) is 22.8 Å². The first-order valence-electron chi connectivity index (χ1n) is 9.05. The zero-order chi connectivity index (χ0) is 21.4. The normalized spacial score (nSPS) is 11.0. The van der Waals surface area contributed by atoms with Crippen molar-refractivity contribution in [2.45, 2.75) is 13.5 Å². The molecule has 30 heavy (non-hydrogen) atoms. The Morgan fingerprint density at radius 2 is 2.07 bits per heavy atom. The molecule has 0 bridgehead atoms. The van der Waals surface area contributed by atoms with E-state index in [2.05, 4.69) is 15.1 Å². The Balaban J connectivity index is 2.20. The summed E-state index contributed by atoms with van der Waals surface area (Å²) in [4.78, 5) is 31.9. The number of aromatic carboxylic acids is 1. The number of hydrogen-bond acceptors (Lipinski definition) is 6. The highest BCUT2D eigenvalue weighted by molar-refractivity contribution is 7.71. The van der Waals surface area contributed by atoms with Crippen molar-refractivity contribution in [2.24, 2.45) is 0 Å². The smallest absolute Gasteiger partial charge is 0.336 e. The van der Waals surface area contributed by atoms with Crippen LogP contribution in [0.15, 0.2) is 47.4 Å². The van der Waals surface area contributed by atoms with E-state index in [9.17, 15) is 14.7 Å². The highest BCUT2D eigenvalue weighted by Gasteiger charge is 2.21. The number of nitrogens with one attached hydrogen (secondary N) is 1. The standard InChI is InChI=1S/C20H17N5O4S/c1-3-24-13(8-9-21-24)12-10-11(19(27)28)16-17(22-12)25(20(30)23-18(16)26)14-6-4-5-7-15(14)29-2/h4-10H,3H2,1-2H3,(H,27,28)(H,23,26,30). The van der Waals surface area contributed by atoms with Crippen LogP contribution >= 0.6 is 12.2 Å². The number of hydrogen-bond donors (Lipinski definition) is 2. The van der Waals surface area contributed by atoms with Gasteiger partial charge in [-0.25, -0.2) is 9.78 Å². The number of pyridine rings is 1. The molecule has 152 valence electrons. The SMILES string of the molecule is CCn1nccc1-c1cc(C(=O)O)c2c(=O)[nH]c(=S)n(-c3ccccc3OC)c2n1. The second kappa shape index (κ2) is 7.56. The summed E-state index contributed by atoms with van der Waals surface area (Å²) in [5.74, 6) is -0.759. The number of rotatable bonds is 5. The van der Waals surface area contributed by atoms with Crippen LogP contribution in [0, 0.1) is 4.77 Å². The lowest BCUT2D eigenvalue weighted by Gasteiger charge is -2.15. The highest BCUT2D eigenvalue weighted by Crippen LogP contribution is 2.28. The molecule has 0 atom stereocenters. The number of carboxylic acids is 1. The van der Waals surface area contributed by atoms with Crippen LogP contribution in [0.3, 0.4) is 0 Å². The van der Waals surface area contributed by atoms with Crippen LogP contribution in [-0.2, 0) is 6.54 Å². The van der Waals surface area contributed by atoms with Crippen LogP contribution in [-0.4, -0.2) is 42.5 Å². The zero-order valence-corrected chi connectivity index (χ0v) is 16.9. The number of aromatic amines is 1. The third-order valence-electron chi connectivity index (χ3n) is 4.70. The number of benzene rings is 1. The number of nitrogens with zero attached hydrogens (tertiary/aromatic N) is 4. The third-order valence-corrected chi connectivity index (χ3v) is 4.98. The Kier molecular flexibility index (Phi) is 4.92. The predicted octanol–water partition coefficient (Wildman–Crippen LogP) is 3.03. The number of H-pyrrole nitrogens is 1. The Morgan fingerprint density at radius 3 is 2.77 bits per heavy atom. The number of carbonyl (C=O) groups is 1. The molecule has 0 aliphatic rings. The number of methoxy groups -OCH3 is 1. The van der Waals surface area contributed by atoms with Crippen LogP contribution in [0.5, 0.6) is 5.75 Å². The van der Waals surface area contributed by atoms with E-state index in [1.165, 1.54) is 17.7 Å². The van der Waals surface area contributed by atoms with E-state index in [0.717, 1.165) is 0 Å². The fourth-order valence-corrected chi connectivity index (χ4v) is 3.65. The van der Waals surface area contributed by atoms with E-state index in [-0.39, 0.29) is 21.4 Å². The number of aryl methyl sites for hydroxylation is 1. The number of ether oxygens (including phenoxy) is 1. The van der Waals surface area contributed by atoms with Gasteiger partial charge in [0.05, 0.1) is 35.1 Å². The van der Waals surface area contributed by atoms with E-state index in [1.54, 1.807) is 41.2 Å². The molecule has 0 amide bonds. The molecular weight excluding hydrogens is 406 g/mol. The molecule has 2 N–H and O–H groups in total. The van der Waals surface area contributed by atoms with Gasteiger partial charge in [-0.1, -0.05) is 12.1 Å². The molecule has 4 rings (SSSR count). The molecule has 0 unspecified atom stereocenters. The highest BCUT2D eigenvalue weighted by atomic mass is 32.1. The van der Waals surface area contributed by atoms with E-state index >= 15 is 0 Å².